The Balaban J connectivity index is 2.56. The Kier molecular flexibility index (Phi) is 5.70. The van der Waals surface area contributed by atoms with Gasteiger partial charge in [-0.05, 0) is 11.3 Å². The molecule has 0 atom stereocenters. The van der Waals surface area contributed by atoms with Gasteiger partial charge >= 0.3 is 5.63 Å². The third-order valence-corrected chi connectivity index (χ3v) is 11.7. The number of hydrogen-bond donors (Lipinski definition) is 0. The van der Waals surface area contributed by atoms with Gasteiger partial charge in [-0.25, -0.2) is 4.79 Å². The molecule has 0 aliphatic carbocycles. The van der Waals surface area contributed by atoms with Crippen LogP contribution in [-0.4, -0.2) is 29.4 Å². The second kappa shape index (κ2) is 7.87. The van der Waals surface area contributed by atoms with Gasteiger partial charge in [0.1, 0.15) is 5.58 Å². The first-order chi connectivity index (χ1) is 13.5. The molecule has 0 aliphatic heterocycles. The first-order valence-electron chi connectivity index (χ1n) is 9.70. The van der Waals surface area contributed by atoms with E-state index in [9.17, 15) is 4.79 Å². The monoisotopic (exact) mass is 400 g/mol. The van der Waals surface area contributed by atoms with Crippen LogP contribution in [-0.2, 0) is 0 Å². The summed E-state index contributed by atoms with van der Waals surface area (Å²) in [6.45, 7) is 6.73. The number of hydrogen-bond acceptors (Lipinski definition) is 5. The highest BCUT2D eigenvalue weighted by molar-refractivity contribution is 6.93. The van der Waals surface area contributed by atoms with E-state index >= 15 is 0 Å². The molecule has 6 heteroatoms. The van der Waals surface area contributed by atoms with Crippen LogP contribution in [0.2, 0.25) is 18.1 Å². The van der Waals surface area contributed by atoms with Crippen LogP contribution in [0.5, 0.6) is 17.2 Å². The molecule has 5 nitrogen and oxygen atoms in total. The topological polar surface area (TPSA) is 57.9 Å². The maximum atomic E-state index is 13.0. The summed E-state index contributed by atoms with van der Waals surface area (Å²) in [4.78, 5) is 13.0. The largest absolute Gasteiger partial charge is 0.493 e. The van der Waals surface area contributed by atoms with Crippen LogP contribution >= 0.6 is 0 Å². The third kappa shape index (κ3) is 2.87. The summed E-state index contributed by atoms with van der Waals surface area (Å²) in [5.41, 5.74) is 0.295. The Morgan fingerprint density at radius 1 is 0.893 bits per heavy atom. The lowest BCUT2D eigenvalue weighted by atomic mass is 10.1. The molecule has 0 fully saturated rings. The van der Waals surface area contributed by atoms with Gasteiger partial charge in [-0.1, -0.05) is 57.1 Å². The van der Waals surface area contributed by atoms with Crippen LogP contribution in [0.1, 0.15) is 20.8 Å². The maximum Gasteiger partial charge on any atom is 0.344 e. The molecule has 0 aliphatic rings. The summed E-state index contributed by atoms with van der Waals surface area (Å²) in [5, 5.41) is 3.21. The van der Waals surface area contributed by atoms with E-state index in [2.05, 4.69) is 32.9 Å². The standard InChI is InChI=1S/C22H28O5Si/c1-7-28(8-2,9-3)17-12-10-11-14-18-15(22(23)27-19(14)17)13-16(24-4)20(25-5)21(18)26-6/h10-13H,7-9H2,1-6H3. The van der Waals surface area contributed by atoms with Gasteiger partial charge < -0.3 is 18.6 Å². The summed E-state index contributed by atoms with van der Waals surface area (Å²) in [6, 6.07) is 11.1. The summed E-state index contributed by atoms with van der Waals surface area (Å²) in [6.07, 6.45) is 0. The minimum absolute atomic E-state index is 0.389. The lowest BCUT2D eigenvalue weighted by molar-refractivity contribution is 0.327. The molecule has 0 radical (unpaired) electrons. The van der Waals surface area contributed by atoms with Gasteiger partial charge in [-0.2, -0.15) is 0 Å². The molecule has 28 heavy (non-hydrogen) atoms. The van der Waals surface area contributed by atoms with Gasteiger partial charge in [0.2, 0.25) is 5.75 Å². The zero-order chi connectivity index (χ0) is 20.5. The molecule has 3 rings (SSSR count). The van der Waals surface area contributed by atoms with E-state index in [1.54, 1.807) is 20.3 Å². The van der Waals surface area contributed by atoms with Crippen LogP contribution in [0, 0.1) is 0 Å². The smallest absolute Gasteiger partial charge is 0.344 e. The van der Waals surface area contributed by atoms with Crippen LogP contribution in [0.25, 0.3) is 21.7 Å². The molecule has 2 aromatic carbocycles. The van der Waals surface area contributed by atoms with Crippen molar-refractivity contribution < 1.29 is 18.6 Å². The normalized spacial score (nSPS) is 11.8. The molecule has 3 aromatic rings. The Morgan fingerprint density at radius 3 is 2.07 bits per heavy atom. The highest BCUT2D eigenvalue weighted by atomic mass is 28.3. The summed E-state index contributed by atoms with van der Waals surface area (Å²) < 4.78 is 22.6. The summed E-state index contributed by atoms with van der Waals surface area (Å²) in [7, 11) is 2.91. The Hall–Kier alpha value is -2.47. The fraction of sp³-hybridized carbons (Fsp3) is 0.409. The quantitative estimate of drug-likeness (QED) is 0.327. The zero-order valence-corrected chi connectivity index (χ0v) is 18.5. The van der Waals surface area contributed by atoms with E-state index in [1.165, 1.54) is 12.3 Å². The second-order valence-corrected chi connectivity index (χ2v) is 12.2. The van der Waals surface area contributed by atoms with E-state index in [0.29, 0.717) is 33.6 Å². The van der Waals surface area contributed by atoms with Crippen molar-refractivity contribution in [2.24, 2.45) is 0 Å². The number of fused-ring (bicyclic) bond motifs is 3. The zero-order valence-electron chi connectivity index (χ0n) is 17.5. The summed E-state index contributed by atoms with van der Waals surface area (Å²) >= 11 is 0. The number of para-hydroxylation sites is 1. The lowest BCUT2D eigenvalue weighted by Crippen LogP contribution is -2.46. The molecule has 0 amide bonds. The van der Waals surface area contributed by atoms with Crippen molar-refractivity contribution in [1.82, 2.24) is 0 Å². The minimum Gasteiger partial charge on any atom is -0.493 e. The maximum absolute atomic E-state index is 13.0. The van der Waals surface area contributed by atoms with Crippen LogP contribution < -0.4 is 25.0 Å². The average molecular weight is 401 g/mol. The van der Waals surface area contributed by atoms with Crippen molar-refractivity contribution in [2.75, 3.05) is 21.3 Å². The molecule has 150 valence electrons. The minimum atomic E-state index is -1.76. The van der Waals surface area contributed by atoms with Crippen molar-refractivity contribution in [2.45, 2.75) is 38.9 Å². The van der Waals surface area contributed by atoms with Crippen molar-refractivity contribution in [1.29, 1.82) is 0 Å². The van der Waals surface area contributed by atoms with E-state index < -0.39 is 8.07 Å². The second-order valence-electron chi connectivity index (χ2n) is 6.98. The van der Waals surface area contributed by atoms with Gasteiger partial charge in [0.05, 0.1) is 34.8 Å². The predicted octanol–water partition coefficient (Wildman–Crippen LogP) is 4.69. The summed E-state index contributed by atoms with van der Waals surface area (Å²) in [5.74, 6) is 1.40. The SMILES string of the molecule is CC[Si](CC)(CC)c1cccc2c1oc(=O)c1cc(OC)c(OC)c(OC)c12. The Labute approximate surface area is 166 Å². The van der Waals surface area contributed by atoms with E-state index in [0.717, 1.165) is 23.5 Å². The van der Waals surface area contributed by atoms with Crippen LogP contribution in [0.4, 0.5) is 0 Å². The highest BCUT2D eigenvalue weighted by Gasteiger charge is 2.33. The number of benzene rings is 2. The van der Waals surface area contributed by atoms with E-state index in [-0.39, 0.29) is 5.63 Å². The number of rotatable bonds is 7. The Bertz CT molecular complexity index is 1060. The van der Waals surface area contributed by atoms with Gasteiger partial charge in [-0.15, -0.1) is 0 Å². The molecular weight excluding hydrogens is 372 g/mol. The van der Waals surface area contributed by atoms with E-state index in [4.69, 9.17) is 18.6 Å². The molecule has 0 unspecified atom stereocenters. The molecule has 0 saturated carbocycles. The lowest BCUT2D eigenvalue weighted by Gasteiger charge is -2.29. The highest BCUT2D eigenvalue weighted by Crippen LogP contribution is 2.44. The van der Waals surface area contributed by atoms with Gasteiger partial charge in [0.25, 0.3) is 0 Å². The Morgan fingerprint density at radius 2 is 1.54 bits per heavy atom. The molecule has 1 aromatic heterocycles. The fourth-order valence-electron chi connectivity index (χ4n) is 4.32. The van der Waals surface area contributed by atoms with Crippen molar-refractivity contribution >= 4 is 35.0 Å². The van der Waals surface area contributed by atoms with Gasteiger partial charge in [-0.3, -0.25) is 0 Å². The van der Waals surface area contributed by atoms with E-state index in [1.807, 2.05) is 6.07 Å². The predicted molar refractivity (Wildman–Crippen MR) is 116 cm³/mol. The molecule has 0 N–H and O–H groups in total. The van der Waals surface area contributed by atoms with Crippen molar-refractivity contribution in [3.63, 3.8) is 0 Å². The molecule has 0 saturated heterocycles. The third-order valence-electron chi connectivity index (χ3n) is 6.13. The van der Waals surface area contributed by atoms with Crippen LogP contribution in [0.3, 0.4) is 0 Å². The first kappa shape index (κ1) is 20.3. The number of ether oxygens (including phenoxy) is 3. The van der Waals surface area contributed by atoms with Gasteiger partial charge in [0, 0.05) is 10.8 Å². The molecule has 1 heterocycles. The fourth-order valence-corrected chi connectivity index (χ4v) is 8.07. The van der Waals surface area contributed by atoms with Crippen LogP contribution in [0.15, 0.2) is 33.5 Å². The molecular formula is C22H28O5Si. The van der Waals surface area contributed by atoms with Crippen molar-refractivity contribution in [3.8, 4) is 17.2 Å². The number of methoxy groups -OCH3 is 3. The molecule has 0 bridgehead atoms. The van der Waals surface area contributed by atoms with Gasteiger partial charge in [0.15, 0.2) is 11.5 Å². The molecule has 0 spiro atoms. The van der Waals surface area contributed by atoms with Crippen molar-refractivity contribution in [3.05, 3.63) is 34.7 Å². The average Bonchev–Trinajstić information content (AvgIpc) is 2.74. The first-order valence-corrected chi connectivity index (χ1v) is 12.3.